The molecule has 8 nitrogen and oxygen atoms in total. The highest BCUT2D eigenvalue weighted by atomic mass is 16.2. The number of piperidine rings is 1. The summed E-state index contributed by atoms with van der Waals surface area (Å²) in [4.78, 5) is 41.7. The number of rotatable bonds is 2. The van der Waals surface area contributed by atoms with E-state index in [9.17, 15) is 14.4 Å². The van der Waals surface area contributed by atoms with Gasteiger partial charge >= 0.3 is 11.2 Å². The van der Waals surface area contributed by atoms with E-state index < -0.39 is 11.2 Å². The molecule has 1 fully saturated rings. The number of aromatic nitrogens is 4. The van der Waals surface area contributed by atoms with Crippen molar-refractivity contribution < 1.29 is 9.36 Å². The van der Waals surface area contributed by atoms with Crippen LogP contribution in [0.3, 0.4) is 0 Å². The minimum Gasteiger partial charge on any atom is -0.337 e. The third-order valence-electron chi connectivity index (χ3n) is 4.71. The van der Waals surface area contributed by atoms with Crippen molar-refractivity contribution in [3.63, 3.8) is 0 Å². The molecule has 0 radical (unpaired) electrons. The molecule has 0 spiro atoms. The number of nitrogens with one attached hydrogen (secondary N) is 1. The van der Waals surface area contributed by atoms with Gasteiger partial charge in [-0.1, -0.05) is 0 Å². The molecule has 1 N–H and O–H groups in total. The van der Waals surface area contributed by atoms with Crippen LogP contribution in [0.1, 0.15) is 26.2 Å². The maximum Gasteiger partial charge on any atom is 0.333 e. The van der Waals surface area contributed by atoms with Gasteiger partial charge in [0.05, 0.1) is 0 Å². The molecule has 0 aromatic carbocycles. The number of carbonyl (C=O) groups excluding carboxylic acids is 1. The number of carbonyl (C=O) groups is 1. The number of aromatic amines is 1. The van der Waals surface area contributed by atoms with Crippen molar-refractivity contribution in [2.24, 2.45) is 14.1 Å². The molecule has 0 bridgehead atoms. The first-order valence-electron chi connectivity index (χ1n) is 7.88. The molecular weight excluding hydrogens is 298 g/mol. The first kappa shape index (κ1) is 15.5. The fraction of sp³-hybridized carbons (Fsp3) is 0.600. The molecule has 8 heteroatoms. The fourth-order valence-corrected chi connectivity index (χ4v) is 3.28. The second kappa shape index (κ2) is 5.68. The number of hydrogen-bond acceptors (Lipinski definition) is 3. The quantitative estimate of drug-likeness (QED) is 0.739. The van der Waals surface area contributed by atoms with E-state index in [2.05, 4.69) is 11.9 Å². The molecular formula is C15H22N5O3+. The maximum absolute atomic E-state index is 12.6. The van der Waals surface area contributed by atoms with Crippen LogP contribution in [0.4, 0.5) is 0 Å². The number of H-pyrrole nitrogens is 1. The van der Waals surface area contributed by atoms with E-state index in [-0.39, 0.29) is 18.5 Å². The molecule has 1 aliphatic heterocycles. The normalized spacial score (nSPS) is 18.6. The monoisotopic (exact) mass is 320 g/mol. The van der Waals surface area contributed by atoms with Crippen LogP contribution in [-0.4, -0.2) is 37.5 Å². The number of nitrogens with zero attached hydrogens (tertiary/aromatic N) is 4. The summed E-state index contributed by atoms with van der Waals surface area (Å²) in [6.07, 6.45) is 4.76. The lowest BCUT2D eigenvalue weighted by Crippen LogP contribution is -2.51. The fourth-order valence-electron chi connectivity index (χ4n) is 3.28. The van der Waals surface area contributed by atoms with Gasteiger partial charge in [-0.05, 0) is 26.2 Å². The van der Waals surface area contributed by atoms with Gasteiger partial charge in [0.2, 0.25) is 6.33 Å². The van der Waals surface area contributed by atoms with Gasteiger partial charge in [0, 0.05) is 26.7 Å². The number of fused-ring (bicyclic) bond motifs is 1. The summed E-state index contributed by atoms with van der Waals surface area (Å²) in [6.45, 7) is 2.91. The summed E-state index contributed by atoms with van der Waals surface area (Å²) in [7, 11) is 3.04. The zero-order valence-electron chi connectivity index (χ0n) is 13.7. The topological polar surface area (TPSA) is 84.0 Å². The third-order valence-corrected chi connectivity index (χ3v) is 4.71. The summed E-state index contributed by atoms with van der Waals surface area (Å²) in [5.41, 5.74) is -0.0264. The van der Waals surface area contributed by atoms with Crippen molar-refractivity contribution in [3.8, 4) is 0 Å². The van der Waals surface area contributed by atoms with E-state index in [1.807, 2.05) is 4.90 Å². The molecule has 3 heterocycles. The maximum atomic E-state index is 12.6. The minimum absolute atomic E-state index is 0.000920. The molecule has 2 aromatic heterocycles. The van der Waals surface area contributed by atoms with Crippen LogP contribution in [0.2, 0.25) is 0 Å². The van der Waals surface area contributed by atoms with E-state index in [1.165, 1.54) is 11.6 Å². The summed E-state index contributed by atoms with van der Waals surface area (Å²) >= 11 is 0. The van der Waals surface area contributed by atoms with Gasteiger partial charge in [-0.15, -0.1) is 0 Å². The van der Waals surface area contributed by atoms with Crippen molar-refractivity contribution in [3.05, 3.63) is 27.2 Å². The Bertz CT molecular complexity index is 876. The van der Waals surface area contributed by atoms with Crippen LogP contribution in [0.15, 0.2) is 15.9 Å². The standard InChI is InChI=1S/C15H21N5O3/c1-10-6-4-5-7-20(10)11(21)8-19-9-16-13-12(19)14(22)18(3)15(23)17(13)2/h9-10H,4-8H2,1-3H3/p+1. The number of imidazole rings is 1. The molecule has 0 aliphatic carbocycles. The number of amides is 1. The summed E-state index contributed by atoms with van der Waals surface area (Å²) in [5.74, 6) is -0.000920. The lowest BCUT2D eigenvalue weighted by molar-refractivity contribution is -0.659. The predicted molar refractivity (Wildman–Crippen MR) is 84.0 cm³/mol. The second-order valence-corrected chi connectivity index (χ2v) is 6.24. The molecule has 23 heavy (non-hydrogen) atoms. The van der Waals surface area contributed by atoms with E-state index in [0.29, 0.717) is 11.2 Å². The molecule has 2 aromatic rings. The van der Waals surface area contributed by atoms with Crippen molar-refractivity contribution in [1.29, 1.82) is 0 Å². The molecule has 1 unspecified atom stereocenters. The lowest BCUT2D eigenvalue weighted by Gasteiger charge is -2.32. The van der Waals surface area contributed by atoms with Crippen LogP contribution in [0.5, 0.6) is 0 Å². The van der Waals surface area contributed by atoms with Crippen molar-refractivity contribution >= 4 is 17.1 Å². The number of aryl methyl sites for hydroxylation is 1. The average molecular weight is 320 g/mol. The van der Waals surface area contributed by atoms with Crippen molar-refractivity contribution in [2.75, 3.05) is 6.54 Å². The van der Waals surface area contributed by atoms with E-state index in [4.69, 9.17) is 0 Å². The smallest absolute Gasteiger partial charge is 0.333 e. The summed E-state index contributed by atoms with van der Waals surface area (Å²) in [6, 6.07) is 0.231. The lowest BCUT2D eigenvalue weighted by atomic mass is 10.0. The zero-order valence-corrected chi connectivity index (χ0v) is 13.7. The Hall–Kier alpha value is -2.38. The minimum atomic E-state index is -0.399. The van der Waals surface area contributed by atoms with Gasteiger partial charge in [-0.25, -0.2) is 14.3 Å². The van der Waals surface area contributed by atoms with Gasteiger partial charge in [0.25, 0.3) is 17.1 Å². The van der Waals surface area contributed by atoms with Gasteiger partial charge in [0.1, 0.15) is 0 Å². The third kappa shape index (κ3) is 2.47. The molecule has 3 rings (SSSR count). The van der Waals surface area contributed by atoms with E-state index >= 15 is 0 Å². The summed E-state index contributed by atoms with van der Waals surface area (Å²) < 4.78 is 4.03. The van der Waals surface area contributed by atoms with Crippen molar-refractivity contribution in [2.45, 2.75) is 38.8 Å². The Kier molecular flexibility index (Phi) is 3.83. The van der Waals surface area contributed by atoms with Crippen LogP contribution in [-0.2, 0) is 25.4 Å². The molecule has 124 valence electrons. The van der Waals surface area contributed by atoms with E-state index in [1.54, 1.807) is 17.9 Å². The molecule has 1 aliphatic rings. The van der Waals surface area contributed by atoms with Gasteiger partial charge in [0.15, 0.2) is 6.54 Å². The Morgan fingerprint density at radius 3 is 2.74 bits per heavy atom. The number of hydrogen-bond donors (Lipinski definition) is 1. The van der Waals surface area contributed by atoms with E-state index in [0.717, 1.165) is 30.4 Å². The Balaban J connectivity index is 2.00. The average Bonchev–Trinajstić information content (AvgIpc) is 2.95. The van der Waals surface area contributed by atoms with Crippen molar-refractivity contribution in [1.82, 2.24) is 19.0 Å². The highest BCUT2D eigenvalue weighted by Gasteiger charge is 2.27. The molecule has 1 atom stereocenters. The molecule has 1 saturated heterocycles. The number of likely N-dealkylation sites (tertiary alicyclic amines) is 1. The van der Waals surface area contributed by atoms with Gasteiger partial charge in [-0.2, -0.15) is 0 Å². The largest absolute Gasteiger partial charge is 0.337 e. The second-order valence-electron chi connectivity index (χ2n) is 6.24. The zero-order chi connectivity index (χ0) is 16.7. The highest BCUT2D eigenvalue weighted by molar-refractivity contribution is 5.76. The SMILES string of the molecule is CC1CCCCN1C(=O)C[n+]1c[nH]c2c1c(=O)n(C)c(=O)n2C. The first-order chi connectivity index (χ1) is 10.9. The highest BCUT2D eigenvalue weighted by Crippen LogP contribution is 2.16. The predicted octanol–water partition coefficient (Wildman–Crippen LogP) is -0.746. The van der Waals surface area contributed by atoms with Crippen LogP contribution >= 0.6 is 0 Å². The Morgan fingerprint density at radius 2 is 2.04 bits per heavy atom. The van der Waals surface area contributed by atoms with Crippen LogP contribution < -0.4 is 15.8 Å². The first-order valence-corrected chi connectivity index (χ1v) is 7.88. The Morgan fingerprint density at radius 1 is 1.30 bits per heavy atom. The van der Waals surface area contributed by atoms with Crippen LogP contribution in [0.25, 0.3) is 11.2 Å². The van der Waals surface area contributed by atoms with Gasteiger partial charge < -0.3 is 4.90 Å². The Labute approximate surface area is 132 Å². The molecule has 0 saturated carbocycles. The van der Waals surface area contributed by atoms with Gasteiger partial charge in [-0.3, -0.25) is 18.7 Å². The molecule has 1 amide bonds. The summed E-state index contributed by atoms with van der Waals surface area (Å²) in [5, 5.41) is 0. The van der Waals surface area contributed by atoms with Crippen LogP contribution in [0, 0.1) is 0 Å².